The highest BCUT2D eigenvalue weighted by Crippen LogP contribution is 2.07. The normalized spacial score (nSPS) is 15.0. The molecule has 3 atom stereocenters. The summed E-state index contributed by atoms with van der Waals surface area (Å²) in [5.41, 5.74) is 0. The predicted molar refractivity (Wildman–Crippen MR) is 88.5 cm³/mol. The Morgan fingerprint density at radius 1 is 0.870 bits per heavy atom. The second-order valence-corrected chi connectivity index (χ2v) is 6.67. The topological polar surface area (TPSA) is 108 Å². The van der Waals surface area contributed by atoms with Crippen LogP contribution in [0.3, 0.4) is 0 Å². The maximum atomic E-state index is 12.4. The molecule has 7 nitrogen and oxygen atoms in total. The van der Waals surface area contributed by atoms with E-state index in [-0.39, 0.29) is 23.8 Å². The average Bonchev–Trinajstić information content (AvgIpc) is 2.42. The lowest BCUT2D eigenvalue weighted by Crippen LogP contribution is -2.56. The second kappa shape index (κ2) is 10.2. The van der Waals surface area contributed by atoms with Crippen LogP contribution in [-0.2, 0) is 14.4 Å². The summed E-state index contributed by atoms with van der Waals surface area (Å²) >= 11 is 0. The van der Waals surface area contributed by atoms with Crippen molar-refractivity contribution in [1.29, 1.82) is 0 Å². The van der Waals surface area contributed by atoms with E-state index in [0.717, 1.165) is 0 Å². The van der Waals surface area contributed by atoms with Crippen LogP contribution in [0, 0.1) is 11.8 Å². The fraction of sp³-hybridized carbons (Fsp3) is 0.812. The van der Waals surface area contributed by atoms with Crippen molar-refractivity contribution in [3.63, 3.8) is 0 Å². The van der Waals surface area contributed by atoms with Gasteiger partial charge in [-0.25, -0.2) is 0 Å². The lowest BCUT2D eigenvalue weighted by Gasteiger charge is -2.25. The van der Waals surface area contributed by atoms with Crippen LogP contribution < -0.4 is 16.0 Å². The van der Waals surface area contributed by atoms with Gasteiger partial charge in [-0.1, -0.05) is 27.7 Å². The number of carbonyl (C=O) groups excluding carboxylic acids is 3. The van der Waals surface area contributed by atoms with Gasteiger partial charge >= 0.3 is 0 Å². The van der Waals surface area contributed by atoms with Gasteiger partial charge in [-0.3, -0.25) is 14.4 Å². The predicted octanol–water partition coefficient (Wildman–Crippen LogP) is 0.175. The molecular formula is C16H31N3O4. The highest BCUT2D eigenvalue weighted by atomic mass is 16.3. The quantitative estimate of drug-likeness (QED) is 0.484. The first-order valence-corrected chi connectivity index (χ1v) is 8.07. The summed E-state index contributed by atoms with van der Waals surface area (Å²) in [4.78, 5) is 35.6. The van der Waals surface area contributed by atoms with Crippen LogP contribution in [0.5, 0.6) is 0 Å². The van der Waals surface area contributed by atoms with Gasteiger partial charge in [0, 0.05) is 13.0 Å². The van der Waals surface area contributed by atoms with E-state index in [2.05, 4.69) is 16.0 Å². The van der Waals surface area contributed by atoms with Crippen LogP contribution >= 0.6 is 0 Å². The fourth-order valence-electron chi connectivity index (χ4n) is 1.91. The lowest BCUT2D eigenvalue weighted by atomic mass is 10.0. The molecule has 0 saturated heterocycles. The molecule has 0 aliphatic rings. The van der Waals surface area contributed by atoms with Crippen molar-refractivity contribution in [2.24, 2.45) is 11.8 Å². The molecule has 0 saturated carbocycles. The van der Waals surface area contributed by atoms with Gasteiger partial charge in [-0.05, 0) is 25.2 Å². The minimum Gasteiger partial charge on any atom is -0.394 e. The molecule has 134 valence electrons. The smallest absolute Gasteiger partial charge is 0.245 e. The number of aliphatic hydroxyl groups is 1. The van der Waals surface area contributed by atoms with E-state index in [0.29, 0.717) is 6.42 Å². The Hall–Kier alpha value is -1.63. The van der Waals surface area contributed by atoms with Crippen molar-refractivity contribution >= 4 is 17.7 Å². The number of amides is 3. The zero-order valence-electron chi connectivity index (χ0n) is 15.0. The number of carbonyl (C=O) groups is 3. The summed E-state index contributed by atoms with van der Waals surface area (Å²) in [7, 11) is 0. The van der Waals surface area contributed by atoms with E-state index < -0.39 is 30.5 Å². The molecule has 3 amide bonds. The molecule has 0 aliphatic heterocycles. The van der Waals surface area contributed by atoms with Gasteiger partial charge in [0.2, 0.25) is 17.7 Å². The van der Waals surface area contributed by atoms with Gasteiger partial charge in [0.1, 0.15) is 12.1 Å². The van der Waals surface area contributed by atoms with Gasteiger partial charge in [-0.2, -0.15) is 0 Å². The maximum Gasteiger partial charge on any atom is 0.245 e. The summed E-state index contributed by atoms with van der Waals surface area (Å²) in [5.74, 6) is -0.765. The molecule has 0 fully saturated rings. The summed E-state index contributed by atoms with van der Waals surface area (Å²) in [6.45, 7) is 10.6. The largest absolute Gasteiger partial charge is 0.394 e. The zero-order chi connectivity index (χ0) is 18.2. The Kier molecular flexibility index (Phi) is 9.48. The van der Waals surface area contributed by atoms with Crippen molar-refractivity contribution in [2.75, 3.05) is 6.61 Å². The minimum absolute atomic E-state index is 0.0157. The Bertz CT molecular complexity index is 410. The Morgan fingerprint density at radius 3 is 1.78 bits per heavy atom. The van der Waals surface area contributed by atoms with Crippen LogP contribution in [0.15, 0.2) is 0 Å². The van der Waals surface area contributed by atoms with Crippen molar-refractivity contribution in [1.82, 2.24) is 16.0 Å². The van der Waals surface area contributed by atoms with Crippen LogP contribution in [0.1, 0.15) is 48.0 Å². The van der Waals surface area contributed by atoms with Crippen molar-refractivity contribution < 1.29 is 19.5 Å². The molecule has 0 aromatic heterocycles. The van der Waals surface area contributed by atoms with E-state index in [1.807, 2.05) is 34.6 Å². The van der Waals surface area contributed by atoms with Crippen molar-refractivity contribution in [2.45, 2.75) is 66.1 Å². The van der Waals surface area contributed by atoms with Gasteiger partial charge in [-0.15, -0.1) is 0 Å². The van der Waals surface area contributed by atoms with Gasteiger partial charge in [0.05, 0.1) is 6.61 Å². The SMILES string of the molecule is CC(=O)N[C@@H](CO)C(=O)N[C@@H](CC(C)C)C(=O)N[C@@H](C)C(C)C. The third-order valence-corrected chi connectivity index (χ3v) is 3.59. The number of hydrogen-bond donors (Lipinski definition) is 4. The Labute approximate surface area is 138 Å². The first-order chi connectivity index (χ1) is 10.6. The molecule has 23 heavy (non-hydrogen) atoms. The molecule has 0 aromatic rings. The molecule has 0 bridgehead atoms. The standard InChI is InChI=1S/C16H31N3O4/c1-9(2)7-13(15(22)17-11(5)10(3)4)19-16(23)14(8-20)18-12(6)21/h9-11,13-14,20H,7-8H2,1-6H3,(H,17,22)(H,18,21)(H,19,23)/t11-,13-,14-/m0/s1. The zero-order valence-corrected chi connectivity index (χ0v) is 15.0. The van der Waals surface area contributed by atoms with Crippen LogP contribution in [0.4, 0.5) is 0 Å². The summed E-state index contributed by atoms with van der Waals surface area (Å²) in [6, 6.07) is -1.78. The van der Waals surface area contributed by atoms with Crippen molar-refractivity contribution in [3.8, 4) is 0 Å². The molecule has 0 radical (unpaired) electrons. The van der Waals surface area contributed by atoms with Crippen LogP contribution in [-0.4, -0.2) is 47.6 Å². The highest BCUT2D eigenvalue weighted by molar-refractivity contribution is 5.91. The van der Waals surface area contributed by atoms with Gasteiger partial charge in [0.15, 0.2) is 0 Å². The third kappa shape index (κ3) is 8.54. The van der Waals surface area contributed by atoms with Gasteiger partial charge in [0.25, 0.3) is 0 Å². The first-order valence-electron chi connectivity index (χ1n) is 8.07. The van der Waals surface area contributed by atoms with E-state index in [4.69, 9.17) is 0 Å². The molecule has 0 aromatic carbocycles. The molecule has 0 heterocycles. The van der Waals surface area contributed by atoms with E-state index in [9.17, 15) is 19.5 Å². The highest BCUT2D eigenvalue weighted by Gasteiger charge is 2.27. The van der Waals surface area contributed by atoms with E-state index in [1.165, 1.54) is 6.92 Å². The molecule has 0 spiro atoms. The molecule has 0 rings (SSSR count). The maximum absolute atomic E-state index is 12.4. The number of rotatable bonds is 9. The number of aliphatic hydroxyl groups excluding tert-OH is 1. The molecule has 7 heteroatoms. The van der Waals surface area contributed by atoms with Gasteiger partial charge < -0.3 is 21.1 Å². The minimum atomic E-state index is -1.06. The second-order valence-electron chi connectivity index (χ2n) is 6.67. The van der Waals surface area contributed by atoms with E-state index in [1.54, 1.807) is 0 Å². The summed E-state index contributed by atoms with van der Waals surface area (Å²) in [5, 5.41) is 17.1. The monoisotopic (exact) mass is 329 g/mol. The summed E-state index contributed by atoms with van der Waals surface area (Å²) in [6.07, 6.45) is 0.473. The third-order valence-electron chi connectivity index (χ3n) is 3.59. The molecular weight excluding hydrogens is 298 g/mol. The molecule has 0 unspecified atom stereocenters. The lowest BCUT2D eigenvalue weighted by molar-refractivity contribution is -0.133. The van der Waals surface area contributed by atoms with Crippen molar-refractivity contribution in [3.05, 3.63) is 0 Å². The Balaban J connectivity index is 4.92. The number of nitrogens with one attached hydrogen (secondary N) is 3. The molecule has 0 aliphatic carbocycles. The Morgan fingerprint density at radius 2 is 1.39 bits per heavy atom. The van der Waals surface area contributed by atoms with E-state index >= 15 is 0 Å². The molecule has 4 N–H and O–H groups in total. The summed E-state index contributed by atoms with van der Waals surface area (Å²) < 4.78 is 0. The first kappa shape index (κ1) is 21.4. The fourth-order valence-corrected chi connectivity index (χ4v) is 1.91. The van der Waals surface area contributed by atoms with Crippen LogP contribution in [0.25, 0.3) is 0 Å². The van der Waals surface area contributed by atoms with Crippen LogP contribution in [0.2, 0.25) is 0 Å². The average molecular weight is 329 g/mol. The number of hydrogen-bond acceptors (Lipinski definition) is 4.